The van der Waals surface area contributed by atoms with Crippen molar-refractivity contribution < 1.29 is 4.39 Å². The molecule has 1 aromatic heterocycles. The minimum absolute atomic E-state index is 0.282. The molecule has 0 radical (unpaired) electrons. The molecule has 0 saturated heterocycles. The Morgan fingerprint density at radius 1 is 1.24 bits per heavy atom. The molecule has 3 aromatic rings. The van der Waals surface area contributed by atoms with Crippen LogP contribution in [0.15, 0.2) is 60.1 Å². The van der Waals surface area contributed by atoms with Gasteiger partial charge in [0, 0.05) is 22.8 Å². The zero-order chi connectivity index (χ0) is 17.6. The summed E-state index contributed by atoms with van der Waals surface area (Å²) >= 11 is 1.39. The van der Waals surface area contributed by atoms with Crippen molar-refractivity contribution in [3.05, 3.63) is 76.5 Å². The first-order valence-electron chi connectivity index (χ1n) is 7.88. The number of anilines is 1. The summed E-state index contributed by atoms with van der Waals surface area (Å²) in [6.45, 7) is 2.09. The molecule has 0 bridgehead atoms. The maximum Gasteiger partial charge on any atom is 0.136 e. The molecule has 0 aliphatic carbocycles. The van der Waals surface area contributed by atoms with Gasteiger partial charge in [-0.15, -0.1) is 11.3 Å². The number of allylic oxidation sites excluding steroid dienone is 1. The van der Waals surface area contributed by atoms with E-state index < -0.39 is 0 Å². The highest BCUT2D eigenvalue weighted by Gasteiger charge is 2.09. The number of aryl methyl sites for hydroxylation is 1. The molecule has 0 unspecified atom stereocenters. The molecular weight excluding hydrogens is 333 g/mol. The van der Waals surface area contributed by atoms with Crippen LogP contribution in [0.4, 0.5) is 10.1 Å². The van der Waals surface area contributed by atoms with E-state index in [1.807, 2.05) is 23.6 Å². The third-order valence-electron chi connectivity index (χ3n) is 3.77. The van der Waals surface area contributed by atoms with Crippen molar-refractivity contribution >= 4 is 22.6 Å². The van der Waals surface area contributed by atoms with Gasteiger partial charge >= 0.3 is 0 Å². The van der Waals surface area contributed by atoms with Crippen molar-refractivity contribution in [2.45, 2.75) is 13.3 Å². The number of hydrogen-bond acceptors (Lipinski definition) is 4. The summed E-state index contributed by atoms with van der Waals surface area (Å²) in [7, 11) is 0. The number of aromatic nitrogens is 1. The number of rotatable bonds is 5. The molecule has 0 saturated carbocycles. The van der Waals surface area contributed by atoms with Crippen LogP contribution in [0.2, 0.25) is 0 Å². The van der Waals surface area contributed by atoms with E-state index in [1.54, 1.807) is 18.3 Å². The maximum absolute atomic E-state index is 13.0. The van der Waals surface area contributed by atoms with Gasteiger partial charge < -0.3 is 5.32 Å². The summed E-state index contributed by atoms with van der Waals surface area (Å²) in [6.07, 6.45) is 2.59. The van der Waals surface area contributed by atoms with Crippen LogP contribution >= 0.6 is 11.3 Å². The van der Waals surface area contributed by atoms with E-state index in [1.165, 1.54) is 29.0 Å². The van der Waals surface area contributed by atoms with Crippen LogP contribution in [0.25, 0.3) is 16.8 Å². The molecule has 0 fully saturated rings. The highest BCUT2D eigenvalue weighted by atomic mass is 32.1. The smallest absolute Gasteiger partial charge is 0.136 e. The van der Waals surface area contributed by atoms with Gasteiger partial charge in [-0.25, -0.2) is 9.37 Å². The largest absolute Gasteiger partial charge is 0.360 e. The quantitative estimate of drug-likeness (QED) is 0.620. The zero-order valence-corrected chi connectivity index (χ0v) is 14.5. The second kappa shape index (κ2) is 7.73. The number of halogens is 1. The van der Waals surface area contributed by atoms with Crippen LogP contribution < -0.4 is 5.32 Å². The second-order valence-corrected chi connectivity index (χ2v) is 6.23. The van der Waals surface area contributed by atoms with E-state index in [0.29, 0.717) is 10.6 Å². The monoisotopic (exact) mass is 349 g/mol. The average molecular weight is 349 g/mol. The fourth-order valence-corrected chi connectivity index (χ4v) is 3.21. The van der Waals surface area contributed by atoms with Crippen LogP contribution in [0, 0.1) is 17.1 Å². The van der Waals surface area contributed by atoms with Crippen LogP contribution in [0.5, 0.6) is 0 Å². The van der Waals surface area contributed by atoms with Crippen molar-refractivity contribution in [2.24, 2.45) is 0 Å². The Morgan fingerprint density at radius 2 is 2.00 bits per heavy atom. The molecule has 0 aliphatic rings. The van der Waals surface area contributed by atoms with Crippen molar-refractivity contribution in [3.63, 3.8) is 0 Å². The van der Waals surface area contributed by atoms with Gasteiger partial charge in [0.1, 0.15) is 22.5 Å². The second-order valence-electron chi connectivity index (χ2n) is 5.37. The van der Waals surface area contributed by atoms with Crippen LogP contribution in [0.3, 0.4) is 0 Å². The van der Waals surface area contributed by atoms with Crippen molar-refractivity contribution in [3.8, 4) is 17.3 Å². The summed E-state index contributed by atoms with van der Waals surface area (Å²) in [5.41, 5.74) is 4.18. The van der Waals surface area contributed by atoms with Crippen LogP contribution in [-0.2, 0) is 6.42 Å². The molecule has 2 aromatic carbocycles. The maximum atomic E-state index is 13.0. The van der Waals surface area contributed by atoms with E-state index in [2.05, 4.69) is 29.4 Å². The average Bonchev–Trinajstić information content (AvgIpc) is 3.13. The lowest BCUT2D eigenvalue weighted by Gasteiger charge is -2.07. The third kappa shape index (κ3) is 3.93. The minimum atomic E-state index is -0.282. The number of hydrogen-bond donors (Lipinski definition) is 1. The molecule has 3 nitrogen and oxygen atoms in total. The fraction of sp³-hybridized carbons (Fsp3) is 0.100. The SMILES string of the molecule is CCc1ccccc1NC=C(C#N)c1nc(-c2ccc(F)cc2)cs1. The first-order chi connectivity index (χ1) is 12.2. The standard InChI is InChI=1S/C20H16FN3S/c1-2-14-5-3-4-6-18(14)23-12-16(11-22)20-24-19(13-25-20)15-7-9-17(21)10-8-15/h3-10,12-13,23H,2H2,1H3. The predicted molar refractivity (Wildman–Crippen MR) is 101 cm³/mol. The highest BCUT2D eigenvalue weighted by Crippen LogP contribution is 2.26. The Labute approximate surface area is 150 Å². The number of thiazole rings is 1. The lowest BCUT2D eigenvalue weighted by molar-refractivity contribution is 0.628. The lowest BCUT2D eigenvalue weighted by Crippen LogP contribution is -1.95. The number of benzene rings is 2. The Balaban J connectivity index is 1.84. The predicted octanol–water partition coefficient (Wildman–Crippen LogP) is 5.49. The number of nitrogens with zero attached hydrogens (tertiary/aromatic N) is 2. The van der Waals surface area contributed by atoms with E-state index in [9.17, 15) is 9.65 Å². The zero-order valence-electron chi connectivity index (χ0n) is 13.7. The molecule has 0 spiro atoms. The summed E-state index contributed by atoms with van der Waals surface area (Å²) in [5.74, 6) is -0.282. The Bertz CT molecular complexity index is 936. The molecule has 1 N–H and O–H groups in total. The first-order valence-corrected chi connectivity index (χ1v) is 8.75. The van der Waals surface area contributed by atoms with Gasteiger partial charge in [-0.3, -0.25) is 0 Å². The van der Waals surface area contributed by atoms with Gasteiger partial charge in [0.2, 0.25) is 0 Å². The van der Waals surface area contributed by atoms with Gasteiger partial charge in [0.05, 0.1) is 5.69 Å². The third-order valence-corrected chi connectivity index (χ3v) is 4.64. The topological polar surface area (TPSA) is 48.7 Å². The molecule has 25 heavy (non-hydrogen) atoms. The van der Waals surface area contributed by atoms with E-state index in [-0.39, 0.29) is 5.82 Å². The normalized spacial score (nSPS) is 11.2. The first kappa shape index (κ1) is 16.9. The van der Waals surface area contributed by atoms with Gasteiger partial charge in [0.15, 0.2) is 0 Å². The van der Waals surface area contributed by atoms with Gasteiger partial charge in [-0.05, 0) is 42.3 Å². The Hall–Kier alpha value is -2.97. The number of nitriles is 1. The van der Waals surface area contributed by atoms with Gasteiger partial charge in [-0.1, -0.05) is 25.1 Å². The molecule has 0 atom stereocenters. The molecule has 3 rings (SSSR count). The molecule has 5 heteroatoms. The summed E-state index contributed by atoms with van der Waals surface area (Å²) < 4.78 is 13.0. The molecule has 1 heterocycles. The Morgan fingerprint density at radius 3 is 2.72 bits per heavy atom. The van der Waals surface area contributed by atoms with E-state index in [0.717, 1.165) is 23.4 Å². The fourth-order valence-electron chi connectivity index (χ4n) is 2.41. The number of para-hydroxylation sites is 1. The van der Waals surface area contributed by atoms with Crippen molar-refractivity contribution in [1.82, 2.24) is 4.98 Å². The molecule has 0 aliphatic heterocycles. The molecular formula is C20H16FN3S. The minimum Gasteiger partial charge on any atom is -0.360 e. The molecule has 124 valence electrons. The summed E-state index contributed by atoms with van der Waals surface area (Å²) in [4.78, 5) is 4.50. The van der Waals surface area contributed by atoms with E-state index in [4.69, 9.17) is 0 Å². The van der Waals surface area contributed by atoms with Crippen molar-refractivity contribution in [2.75, 3.05) is 5.32 Å². The van der Waals surface area contributed by atoms with E-state index >= 15 is 0 Å². The highest BCUT2D eigenvalue weighted by molar-refractivity contribution is 7.11. The lowest BCUT2D eigenvalue weighted by atomic mass is 10.1. The van der Waals surface area contributed by atoms with Gasteiger partial charge in [-0.2, -0.15) is 5.26 Å². The Kier molecular flexibility index (Phi) is 5.22. The summed E-state index contributed by atoms with van der Waals surface area (Å²) in [5, 5.41) is 15.2. The van der Waals surface area contributed by atoms with Crippen LogP contribution in [0.1, 0.15) is 17.5 Å². The van der Waals surface area contributed by atoms with Gasteiger partial charge in [0.25, 0.3) is 0 Å². The molecule has 0 amide bonds. The van der Waals surface area contributed by atoms with Crippen LogP contribution in [-0.4, -0.2) is 4.98 Å². The van der Waals surface area contributed by atoms with Crippen molar-refractivity contribution in [1.29, 1.82) is 5.26 Å². The summed E-state index contributed by atoms with van der Waals surface area (Å²) in [6, 6.07) is 16.3. The number of nitrogens with one attached hydrogen (secondary N) is 1.